The number of fused-ring (bicyclic) bond motifs is 2. The van der Waals surface area contributed by atoms with Gasteiger partial charge in [0.2, 0.25) is 0 Å². The fourth-order valence-electron chi connectivity index (χ4n) is 2.74. The van der Waals surface area contributed by atoms with Crippen LogP contribution in [-0.2, 0) is 9.47 Å². The summed E-state index contributed by atoms with van der Waals surface area (Å²) in [6.45, 7) is 0.702. The van der Waals surface area contributed by atoms with Crippen molar-refractivity contribution in [2.75, 3.05) is 18.9 Å². The van der Waals surface area contributed by atoms with Gasteiger partial charge in [-0.05, 0) is 0 Å². The van der Waals surface area contributed by atoms with E-state index in [9.17, 15) is 5.11 Å². The molecule has 8 nitrogen and oxygen atoms in total. The van der Waals surface area contributed by atoms with Crippen LogP contribution in [0.3, 0.4) is 0 Å². The van der Waals surface area contributed by atoms with Gasteiger partial charge in [-0.2, -0.15) is 0 Å². The zero-order chi connectivity index (χ0) is 13.0. The molecule has 100 valence electrons. The van der Waals surface area contributed by atoms with E-state index in [1.54, 1.807) is 0 Å². The maximum absolute atomic E-state index is 9.72. The molecular formula is C11H13N5O3. The third-order valence-corrected chi connectivity index (χ3v) is 3.69. The predicted octanol–water partition coefficient (Wildman–Crippen LogP) is -0.823. The van der Waals surface area contributed by atoms with E-state index in [4.69, 9.17) is 15.2 Å². The number of hydrogen-bond donors (Lipinski definition) is 3. The Morgan fingerprint density at radius 3 is 3.00 bits per heavy atom. The van der Waals surface area contributed by atoms with E-state index in [0.717, 1.165) is 0 Å². The molecule has 2 aromatic heterocycles. The molecule has 0 aromatic carbocycles. The number of aliphatic hydroxyl groups is 1. The highest BCUT2D eigenvalue weighted by Gasteiger charge is 2.48. The average Bonchev–Trinajstić information content (AvgIpc) is 3.06. The molecule has 0 radical (unpaired) electrons. The maximum atomic E-state index is 9.72. The van der Waals surface area contributed by atoms with Crippen LogP contribution in [0, 0.1) is 0 Å². The van der Waals surface area contributed by atoms with Crippen molar-refractivity contribution < 1.29 is 14.6 Å². The number of nitrogen functional groups attached to an aromatic ring is 1. The summed E-state index contributed by atoms with van der Waals surface area (Å²) < 4.78 is 11.1. The van der Waals surface area contributed by atoms with Gasteiger partial charge in [0.05, 0.1) is 31.6 Å². The lowest BCUT2D eigenvalue weighted by atomic mass is 10.0. The number of aromatic nitrogens is 4. The first-order valence-electron chi connectivity index (χ1n) is 6.12. The Labute approximate surface area is 108 Å². The van der Waals surface area contributed by atoms with Crippen molar-refractivity contribution in [1.82, 2.24) is 19.9 Å². The summed E-state index contributed by atoms with van der Waals surface area (Å²) in [5.74, 6) is 0.795. The topological polar surface area (TPSA) is 119 Å². The lowest BCUT2D eigenvalue weighted by Gasteiger charge is -2.14. The number of anilines is 1. The molecule has 2 aliphatic heterocycles. The van der Waals surface area contributed by atoms with E-state index in [1.807, 2.05) is 0 Å². The summed E-state index contributed by atoms with van der Waals surface area (Å²) >= 11 is 0. The molecular weight excluding hydrogens is 250 g/mol. The molecule has 0 amide bonds. The molecule has 0 saturated carbocycles. The van der Waals surface area contributed by atoms with Gasteiger partial charge in [0.15, 0.2) is 11.5 Å². The van der Waals surface area contributed by atoms with Crippen molar-refractivity contribution in [2.45, 2.75) is 24.2 Å². The number of rotatable bonds is 1. The van der Waals surface area contributed by atoms with E-state index in [2.05, 4.69) is 19.9 Å². The molecule has 4 atom stereocenters. The fraction of sp³-hybridized carbons (Fsp3) is 0.545. The largest absolute Gasteiger partial charge is 0.388 e. The van der Waals surface area contributed by atoms with Crippen molar-refractivity contribution >= 4 is 17.0 Å². The number of nitrogens with zero attached hydrogens (tertiary/aromatic N) is 3. The molecule has 2 saturated heterocycles. The Bertz CT molecular complexity index is 630. The van der Waals surface area contributed by atoms with Gasteiger partial charge in [-0.3, -0.25) is 0 Å². The third kappa shape index (κ3) is 1.54. The third-order valence-electron chi connectivity index (χ3n) is 3.69. The lowest BCUT2D eigenvalue weighted by Crippen LogP contribution is -2.28. The van der Waals surface area contributed by atoms with Crippen molar-refractivity contribution in [2.24, 2.45) is 0 Å². The summed E-state index contributed by atoms with van der Waals surface area (Å²) in [6, 6.07) is 0. The Morgan fingerprint density at radius 2 is 2.11 bits per heavy atom. The zero-order valence-electron chi connectivity index (χ0n) is 9.98. The Kier molecular flexibility index (Phi) is 2.25. The monoisotopic (exact) mass is 263 g/mol. The summed E-state index contributed by atoms with van der Waals surface area (Å²) in [5.41, 5.74) is 7.04. The zero-order valence-corrected chi connectivity index (χ0v) is 9.98. The number of imidazole rings is 1. The molecule has 2 aromatic rings. The number of ether oxygens (including phenoxy) is 2. The Balaban J connectivity index is 1.74. The molecule has 2 aliphatic rings. The minimum atomic E-state index is -0.582. The maximum Gasteiger partial charge on any atom is 0.183 e. The summed E-state index contributed by atoms with van der Waals surface area (Å²) in [5, 5.41) is 9.72. The second-order valence-corrected chi connectivity index (χ2v) is 4.84. The van der Waals surface area contributed by atoms with Crippen LogP contribution in [-0.4, -0.2) is 56.6 Å². The van der Waals surface area contributed by atoms with E-state index < -0.39 is 6.10 Å². The normalized spacial score (nSPS) is 33.9. The van der Waals surface area contributed by atoms with E-state index in [1.165, 1.54) is 6.33 Å². The summed E-state index contributed by atoms with van der Waals surface area (Å²) in [4.78, 5) is 15.7. The second-order valence-electron chi connectivity index (χ2n) is 4.84. The molecule has 19 heavy (non-hydrogen) atoms. The molecule has 0 bridgehead atoms. The molecule has 4 N–H and O–H groups in total. The minimum absolute atomic E-state index is 0.120. The van der Waals surface area contributed by atoms with Gasteiger partial charge in [0, 0.05) is 0 Å². The first-order valence-corrected chi connectivity index (χ1v) is 6.12. The van der Waals surface area contributed by atoms with Crippen LogP contribution < -0.4 is 5.73 Å². The van der Waals surface area contributed by atoms with Crippen LogP contribution in [0.1, 0.15) is 11.7 Å². The SMILES string of the molecule is Nc1nc([C@@H]2COC3C2OC[C@@H]3O)nc2nc[nH]c12. The van der Waals surface area contributed by atoms with Gasteiger partial charge in [-0.15, -0.1) is 0 Å². The van der Waals surface area contributed by atoms with Gasteiger partial charge in [-0.25, -0.2) is 15.0 Å². The lowest BCUT2D eigenvalue weighted by molar-refractivity contribution is 0.0181. The summed E-state index contributed by atoms with van der Waals surface area (Å²) in [7, 11) is 0. The van der Waals surface area contributed by atoms with Crippen LogP contribution >= 0.6 is 0 Å². The van der Waals surface area contributed by atoms with Crippen LogP contribution in [0.4, 0.5) is 5.82 Å². The van der Waals surface area contributed by atoms with Crippen LogP contribution in [0.5, 0.6) is 0 Å². The highest BCUT2D eigenvalue weighted by Crippen LogP contribution is 2.36. The average molecular weight is 263 g/mol. The van der Waals surface area contributed by atoms with E-state index in [0.29, 0.717) is 29.4 Å². The van der Waals surface area contributed by atoms with Gasteiger partial charge in [-0.1, -0.05) is 0 Å². The van der Waals surface area contributed by atoms with Crippen LogP contribution in [0.15, 0.2) is 6.33 Å². The fourth-order valence-corrected chi connectivity index (χ4v) is 2.74. The van der Waals surface area contributed by atoms with Crippen molar-refractivity contribution in [3.8, 4) is 0 Å². The predicted molar refractivity (Wildman–Crippen MR) is 64.3 cm³/mol. The number of hydrogen-bond acceptors (Lipinski definition) is 7. The molecule has 4 rings (SSSR count). The smallest absolute Gasteiger partial charge is 0.183 e. The highest BCUT2D eigenvalue weighted by atomic mass is 16.6. The quantitative estimate of drug-likeness (QED) is 0.614. The number of nitrogens with two attached hydrogens (primary N) is 1. The van der Waals surface area contributed by atoms with E-state index >= 15 is 0 Å². The Hall–Kier alpha value is -1.77. The van der Waals surface area contributed by atoms with E-state index in [-0.39, 0.29) is 24.7 Å². The first kappa shape index (κ1) is 11.1. The number of aromatic amines is 1. The summed E-state index contributed by atoms with van der Waals surface area (Å²) in [6.07, 6.45) is 0.431. The molecule has 2 unspecified atom stereocenters. The number of aliphatic hydroxyl groups excluding tert-OH is 1. The van der Waals surface area contributed by atoms with Gasteiger partial charge < -0.3 is 25.3 Å². The van der Waals surface area contributed by atoms with Gasteiger partial charge in [0.25, 0.3) is 0 Å². The minimum Gasteiger partial charge on any atom is -0.388 e. The van der Waals surface area contributed by atoms with Gasteiger partial charge in [0.1, 0.15) is 23.5 Å². The van der Waals surface area contributed by atoms with Crippen molar-refractivity contribution in [3.63, 3.8) is 0 Å². The molecule has 0 spiro atoms. The number of H-pyrrole nitrogens is 1. The molecule has 0 aliphatic carbocycles. The number of nitrogens with one attached hydrogen (secondary N) is 1. The standard InChI is InChI=1S/C11H13N5O3/c12-9-6-11(14-3-13-6)16-10(15-9)4-1-18-8-5(17)2-19-7(4)8/h3-5,7-8,17H,1-2H2,(H3,12,13,14,15,16)/t4-,5+,7?,8?/m1/s1. The molecule has 4 heterocycles. The van der Waals surface area contributed by atoms with Gasteiger partial charge >= 0.3 is 0 Å². The Morgan fingerprint density at radius 1 is 1.26 bits per heavy atom. The molecule has 8 heteroatoms. The van der Waals surface area contributed by atoms with Crippen LogP contribution in [0.25, 0.3) is 11.2 Å². The van der Waals surface area contributed by atoms with Crippen molar-refractivity contribution in [1.29, 1.82) is 0 Å². The first-order chi connectivity index (χ1) is 9.24. The van der Waals surface area contributed by atoms with Crippen LogP contribution in [0.2, 0.25) is 0 Å². The van der Waals surface area contributed by atoms with Crippen molar-refractivity contribution in [3.05, 3.63) is 12.2 Å². The second kappa shape index (κ2) is 3.86. The highest BCUT2D eigenvalue weighted by molar-refractivity contribution is 5.80. The molecule has 2 fully saturated rings.